The van der Waals surface area contributed by atoms with Crippen LogP contribution in [0.15, 0.2) is 12.4 Å². The van der Waals surface area contributed by atoms with Crippen molar-refractivity contribution in [3.8, 4) is 0 Å². The normalized spacial score (nSPS) is 23.9. The zero-order valence-corrected chi connectivity index (χ0v) is 11.1. The summed E-state index contributed by atoms with van der Waals surface area (Å²) in [6.45, 7) is 5.50. The molecule has 2 heterocycles. The quantitative estimate of drug-likeness (QED) is 0.832. The molecule has 2 N–H and O–H groups in total. The molecule has 18 heavy (non-hydrogen) atoms. The van der Waals surface area contributed by atoms with Crippen molar-refractivity contribution < 1.29 is 4.79 Å². The molecule has 1 aromatic rings. The van der Waals surface area contributed by atoms with Gasteiger partial charge in [-0.25, -0.2) is 0 Å². The summed E-state index contributed by atoms with van der Waals surface area (Å²) in [5.74, 6) is 0.116. The van der Waals surface area contributed by atoms with Crippen LogP contribution >= 0.6 is 0 Å². The number of nitrogens with one attached hydrogen (secondary N) is 2. The first-order valence-corrected chi connectivity index (χ1v) is 6.68. The van der Waals surface area contributed by atoms with Crippen LogP contribution in [0.4, 0.5) is 0 Å². The van der Waals surface area contributed by atoms with Crippen LogP contribution in [0.25, 0.3) is 0 Å². The number of rotatable bonds is 4. The molecule has 1 aliphatic rings. The lowest BCUT2D eigenvalue weighted by Gasteiger charge is -2.27. The highest BCUT2D eigenvalue weighted by Crippen LogP contribution is 2.12. The zero-order valence-electron chi connectivity index (χ0n) is 11.1. The zero-order chi connectivity index (χ0) is 13.0. The predicted octanol–water partition coefficient (Wildman–Crippen LogP) is 0.838. The molecule has 5 heteroatoms. The smallest absolute Gasteiger partial charge is 0.237 e. The van der Waals surface area contributed by atoms with Gasteiger partial charge in [0.2, 0.25) is 5.91 Å². The van der Waals surface area contributed by atoms with E-state index < -0.39 is 0 Å². The van der Waals surface area contributed by atoms with Crippen molar-refractivity contribution in [2.75, 3.05) is 6.54 Å². The lowest BCUT2D eigenvalue weighted by Crippen LogP contribution is -2.50. The molecule has 1 saturated heterocycles. The van der Waals surface area contributed by atoms with Crippen LogP contribution in [0.1, 0.15) is 31.7 Å². The number of nitrogens with zero attached hydrogens (tertiary/aromatic N) is 2. The van der Waals surface area contributed by atoms with E-state index in [2.05, 4.69) is 22.7 Å². The van der Waals surface area contributed by atoms with E-state index in [4.69, 9.17) is 0 Å². The lowest BCUT2D eigenvalue weighted by molar-refractivity contribution is -0.124. The van der Waals surface area contributed by atoms with Gasteiger partial charge in [0.1, 0.15) is 0 Å². The molecule has 2 unspecified atom stereocenters. The third kappa shape index (κ3) is 3.57. The molecule has 5 nitrogen and oxygen atoms in total. The Bertz CT molecular complexity index is 401. The summed E-state index contributed by atoms with van der Waals surface area (Å²) in [6, 6.07) is 0.427. The minimum atomic E-state index is -0.0203. The molecule has 0 aliphatic carbocycles. The van der Waals surface area contributed by atoms with E-state index in [-0.39, 0.29) is 11.9 Å². The van der Waals surface area contributed by atoms with Gasteiger partial charge in [0.15, 0.2) is 0 Å². The van der Waals surface area contributed by atoms with Crippen LogP contribution in [-0.4, -0.2) is 34.3 Å². The summed E-state index contributed by atoms with van der Waals surface area (Å²) < 4.78 is 1.85. The van der Waals surface area contributed by atoms with Crippen molar-refractivity contribution in [1.29, 1.82) is 0 Å². The summed E-state index contributed by atoms with van der Waals surface area (Å²) in [6.07, 6.45) is 7.04. The fourth-order valence-electron chi connectivity index (χ4n) is 2.35. The van der Waals surface area contributed by atoms with Gasteiger partial charge in [-0.05, 0) is 38.7 Å². The summed E-state index contributed by atoms with van der Waals surface area (Å²) in [5.41, 5.74) is 1.14. The molecule has 1 aromatic heterocycles. The Balaban J connectivity index is 1.71. The van der Waals surface area contributed by atoms with E-state index in [0.29, 0.717) is 12.6 Å². The van der Waals surface area contributed by atoms with Crippen molar-refractivity contribution in [2.24, 2.45) is 0 Å². The van der Waals surface area contributed by atoms with Crippen LogP contribution in [0.2, 0.25) is 0 Å². The maximum Gasteiger partial charge on any atom is 0.237 e. The van der Waals surface area contributed by atoms with Crippen LogP contribution < -0.4 is 10.6 Å². The molecule has 2 rings (SSSR count). The fraction of sp³-hybridized carbons (Fsp3) is 0.692. The first kappa shape index (κ1) is 13.1. The number of carbonyl (C=O) groups excluding carboxylic acids is 1. The molecule has 0 radical (unpaired) electrons. The summed E-state index contributed by atoms with van der Waals surface area (Å²) in [5, 5.41) is 10.5. The Morgan fingerprint density at radius 3 is 3.11 bits per heavy atom. The SMILES string of the molecule is Cc1cnn(CCNC(=O)C2CCCC(C)N2)c1. The molecule has 1 aliphatic heterocycles. The van der Waals surface area contributed by atoms with Gasteiger partial charge in [-0.15, -0.1) is 0 Å². The summed E-state index contributed by atoms with van der Waals surface area (Å²) in [4.78, 5) is 11.9. The molecular weight excluding hydrogens is 228 g/mol. The lowest BCUT2D eigenvalue weighted by atomic mass is 9.99. The number of hydrogen-bond donors (Lipinski definition) is 2. The third-order valence-corrected chi connectivity index (χ3v) is 3.33. The monoisotopic (exact) mass is 250 g/mol. The van der Waals surface area contributed by atoms with Crippen molar-refractivity contribution >= 4 is 5.91 Å². The van der Waals surface area contributed by atoms with Gasteiger partial charge in [0.05, 0.1) is 18.8 Å². The summed E-state index contributed by atoms with van der Waals surface area (Å²) >= 11 is 0. The Morgan fingerprint density at radius 2 is 2.44 bits per heavy atom. The summed E-state index contributed by atoms with van der Waals surface area (Å²) in [7, 11) is 0. The van der Waals surface area contributed by atoms with Crippen LogP contribution in [0.5, 0.6) is 0 Å². The molecule has 0 aromatic carbocycles. The van der Waals surface area contributed by atoms with Gasteiger partial charge < -0.3 is 10.6 Å². The Hall–Kier alpha value is -1.36. The van der Waals surface area contributed by atoms with Crippen molar-refractivity contribution in [3.05, 3.63) is 18.0 Å². The van der Waals surface area contributed by atoms with E-state index in [0.717, 1.165) is 31.4 Å². The van der Waals surface area contributed by atoms with E-state index in [1.165, 1.54) is 0 Å². The first-order valence-electron chi connectivity index (χ1n) is 6.68. The van der Waals surface area contributed by atoms with Gasteiger partial charge in [-0.2, -0.15) is 5.10 Å². The Labute approximate surface area is 108 Å². The van der Waals surface area contributed by atoms with Crippen molar-refractivity contribution in [3.63, 3.8) is 0 Å². The molecule has 1 fully saturated rings. The second-order valence-electron chi connectivity index (χ2n) is 5.12. The highest BCUT2D eigenvalue weighted by atomic mass is 16.2. The van der Waals surface area contributed by atoms with Gasteiger partial charge in [0, 0.05) is 18.8 Å². The highest BCUT2D eigenvalue weighted by Gasteiger charge is 2.23. The van der Waals surface area contributed by atoms with Gasteiger partial charge in [0.25, 0.3) is 0 Å². The van der Waals surface area contributed by atoms with E-state index >= 15 is 0 Å². The van der Waals surface area contributed by atoms with E-state index in [1.807, 2.05) is 24.0 Å². The standard InChI is InChI=1S/C13H22N4O/c1-10-8-15-17(9-10)7-6-14-13(18)12-5-3-4-11(2)16-12/h8-9,11-12,16H,3-7H2,1-2H3,(H,14,18). The second kappa shape index (κ2) is 6.00. The molecular formula is C13H22N4O. The first-order chi connectivity index (χ1) is 8.65. The second-order valence-corrected chi connectivity index (χ2v) is 5.12. The average molecular weight is 250 g/mol. The van der Waals surface area contributed by atoms with E-state index in [9.17, 15) is 4.79 Å². The van der Waals surface area contributed by atoms with Crippen LogP contribution in [-0.2, 0) is 11.3 Å². The number of aryl methyl sites for hydroxylation is 1. The Morgan fingerprint density at radius 1 is 1.61 bits per heavy atom. The minimum Gasteiger partial charge on any atom is -0.353 e. The Kier molecular flexibility index (Phi) is 4.36. The average Bonchev–Trinajstić information content (AvgIpc) is 2.75. The van der Waals surface area contributed by atoms with Crippen molar-refractivity contribution in [2.45, 2.75) is 51.7 Å². The molecule has 0 spiro atoms. The van der Waals surface area contributed by atoms with Crippen LogP contribution in [0, 0.1) is 6.92 Å². The number of carbonyl (C=O) groups is 1. The predicted molar refractivity (Wildman–Crippen MR) is 70.2 cm³/mol. The maximum atomic E-state index is 11.9. The molecule has 0 saturated carbocycles. The number of aromatic nitrogens is 2. The van der Waals surface area contributed by atoms with Gasteiger partial charge in [-0.3, -0.25) is 9.48 Å². The van der Waals surface area contributed by atoms with Gasteiger partial charge in [-0.1, -0.05) is 0 Å². The molecule has 0 bridgehead atoms. The highest BCUT2D eigenvalue weighted by molar-refractivity contribution is 5.81. The molecule has 1 amide bonds. The van der Waals surface area contributed by atoms with Crippen LogP contribution in [0.3, 0.4) is 0 Å². The fourth-order valence-corrected chi connectivity index (χ4v) is 2.35. The van der Waals surface area contributed by atoms with Gasteiger partial charge >= 0.3 is 0 Å². The largest absolute Gasteiger partial charge is 0.353 e. The third-order valence-electron chi connectivity index (χ3n) is 3.33. The van der Waals surface area contributed by atoms with Crippen molar-refractivity contribution in [1.82, 2.24) is 20.4 Å². The molecule has 100 valence electrons. The maximum absolute atomic E-state index is 11.9. The minimum absolute atomic E-state index is 0.0203. The number of amides is 1. The molecule has 2 atom stereocenters. The van der Waals surface area contributed by atoms with E-state index in [1.54, 1.807) is 0 Å². The number of hydrogen-bond acceptors (Lipinski definition) is 3. The topological polar surface area (TPSA) is 59.0 Å². The number of piperidine rings is 1.